The van der Waals surface area contributed by atoms with E-state index in [1.54, 1.807) is 0 Å². The molecule has 12 radical (unpaired) electrons. The van der Waals surface area contributed by atoms with Gasteiger partial charge in [0, 0.05) is 41.5 Å². The lowest BCUT2D eigenvalue weighted by Crippen LogP contribution is -2.33. The van der Waals surface area contributed by atoms with Gasteiger partial charge < -0.3 is 4.74 Å². The highest BCUT2D eigenvalue weighted by molar-refractivity contribution is 4.98. The molecule has 0 aliphatic carbocycles. The van der Waals surface area contributed by atoms with E-state index in [0.717, 1.165) is 0 Å². The minimum atomic E-state index is -1.89. The van der Waals surface area contributed by atoms with Gasteiger partial charge in [-0.2, -0.15) is 0 Å². The van der Waals surface area contributed by atoms with Gasteiger partial charge in [-0.05, 0) is 0 Å². The van der Waals surface area contributed by atoms with Crippen LogP contribution in [0.1, 0.15) is 0 Å². The molecule has 0 aliphatic heterocycles. The Morgan fingerprint density at radius 3 is 0.889 bits per heavy atom. The summed E-state index contributed by atoms with van der Waals surface area (Å²) in [7, 11) is 0. The Labute approximate surface area is 58.4 Å². The third-order valence-electron chi connectivity index (χ3n) is 0.354. The summed E-state index contributed by atoms with van der Waals surface area (Å²) in [5.74, 6) is 0. The van der Waals surface area contributed by atoms with E-state index < -0.39 is 11.2 Å². The Morgan fingerprint density at radius 1 is 0.667 bits per heavy atom. The van der Waals surface area contributed by atoms with Crippen LogP contribution in [0, 0.1) is 41.5 Å². The minimum Gasteiger partial charge on any atom is -0.367 e. The molecular weight excluding hydrogens is 112 g/mol. The highest BCUT2D eigenvalue weighted by Gasteiger charge is 2.22. The smallest absolute Gasteiger partial charge is 0.0797 e. The lowest BCUT2D eigenvalue weighted by atomic mass is 10.1. The topological polar surface area (TPSA) is 9.23 Å². The maximum absolute atomic E-state index is 4.91. The highest BCUT2D eigenvalue weighted by Crippen LogP contribution is 2.15. The molecule has 0 atom stereocenters. The quantitative estimate of drug-likeness (QED) is 0.519. The van der Waals surface area contributed by atoms with Crippen LogP contribution in [0.3, 0.4) is 0 Å². The Bertz CT molecular complexity index is 69.7. The number of ether oxygens (including phenoxy) is 1. The van der Waals surface area contributed by atoms with Crippen molar-refractivity contribution in [1.29, 1.82) is 0 Å². The third kappa shape index (κ3) is 7.96. The zero-order valence-electron chi connectivity index (χ0n) is 4.87. The Morgan fingerprint density at radius 2 is 0.889 bits per heavy atom. The van der Waals surface area contributed by atoms with E-state index in [1.165, 1.54) is 0 Å². The van der Waals surface area contributed by atoms with Crippen molar-refractivity contribution in [2.24, 2.45) is 0 Å². The van der Waals surface area contributed by atoms with Crippen molar-refractivity contribution in [2.75, 3.05) is 0 Å². The van der Waals surface area contributed by atoms with Gasteiger partial charge in [0.1, 0.15) is 0 Å². The molecule has 0 saturated heterocycles. The van der Waals surface area contributed by atoms with Gasteiger partial charge in [0.2, 0.25) is 0 Å². The van der Waals surface area contributed by atoms with Gasteiger partial charge in [-0.1, -0.05) is 0 Å². The molecule has 44 valence electrons. The summed E-state index contributed by atoms with van der Waals surface area (Å²) in [6, 6.07) is 0. The summed E-state index contributed by atoms with van der Waals surface area (Å²) < 4.78 is 4.29. The summed E-state index contributed by atoms with van der Waals surface area (Å²) in [6.07, 6.45) is 0. The molecule has 0 spiro atoms. The van der Waals surface area contributed by atoms with Crippen molar-refractivity contribution in [3.8, 4) is 0 Å². The average Bonchev–Trinajstić information content (AvgIpc) is 1.14. The van der Waals surface area contributed by atoms with Crippen LogP contribution in [0.15, 0.2) is 0 Å². The van der Waals surface area contributed by atoms with E-state index in [1.807, 2.05) is 0 Å². The van der Waals surface area contributed by atoms with Crippen molar-refractivity contribution in [2.45, 2.75) is 11.2 Å². The van der Waals surface area contributed by atoms with Gasteiger partial charge in [0.25, 0.3) is 0 Å². The van der Waals surface area contributed by atoms with Crippen molar-refractivity contribution in [1.82, 2.24) is 0 Å². The average molecular weight is 118 g/mol. The molecule has 0 aromatic heterocycles. The van der Waals surface area contributed by atoms with Crippen LogP contribution >= 0.6 is 0 Å². The second kappa shape index (κ2) is 2.30. The van der Waals surface area contributed by atoms with Crippen LogP contribution in [0.2, 0.25) is 0 Å². The summed E-state index contributed by atoms with van der Waals surface area (Å²) >= 11 is 0. The van der Waals surface area contributed by atoms with Gasteiger partial charge >= 0.3 is 0 Å². The summed E-state index contributed by atoms with van der Waals surface area (Å²) in [4.78, 5) is 0. The van der Waals surface area contributed by atoms with Crippen molar-refractivity contribution in [3.05, 3.63) is 41.5 Å². The molecule has 0 bridgehead atoms. The summed E-state index contributed by atoms with van der Waals surface area (Å²) in [5, 5.41) is 0. The van der Waals surface area contributed by atoms with Crippen LogP contribution in [0.25, 0.3) is 0 Å². The fraction of sp³-hybridized carbons (Fsp3) is 0.250. The van der Waals surface area contributed by atoms with E-state index in [4.69, 9.17) is 41.5 Å². The van der Waals surface area contributed by atoms with E-state index in [0.29, 0.717) is 0 Å². The first-order valence-electron chi connectivity index (χ1n) is 2.14. The second-order valence-electron chi connectivity index (χ2n) is 1.81. The largest absolute Gasteiger partial charge is 0.367 e. The zero-order chi connectivity index (χ0) is 7.71. The third-order valence-corrected chi connectivity index (χ3v) is 0.354. The normalized spacial score (nSPS) is 14.0. The van der Waals surface area contributed by atoms with E-state index in [2.05, 4.69) is 4.74 Å². The Hall–Kier alpha value is -0.0400. The van der Waals surface area contributed by atoms with Crippen LogP contribution in [0.5, 0.6) is 0 Å². The van der Waals surface area contributed by atoms with Crippen molar-refractivity contribution >= 4 is 0 Å². The Balaban J connectivity index is 3.75. The summed E-state index contributed by atoms with van der Waals surface area (Å²) in [6.45, 7) is 29.5. The minimum absolute atomic E-state index is 1.89. The fourth-order valence-electron chi connectivity index (χ4n) is 0.306. The van der Waals surface area contributed by atoms with Gasteiger partial charge in [-0.15, -0.1) is 0 Å². The number of hydrogen-bond donors (Lipinski definition) is 0. The lowest BCUT2D eigenvalue weighted by molar-refractivity contribution is -0.0113. The van der Waals surface area contributed by atoms with E-state index in [9.17, 15) is 0 Å². The van der Waals surface area contributed by atoms with Crippen LogP contribution < -0.4 is 0 Å². The molecule has 0 aliphatic rings. The molecule has 1 heteroatoms. The van der Waals surface area contributed by atoms with Gasteiger partial charge in [-0.3, -0.25) is 0 Å². The second-order valence-corrected chi connectivity index (χ2v) is 1.81. The van der Waals surface area contributed by atoms with Gasteiger partial charge in [0.05, 0.1) is 11.2 Å². The molecular formula is C8H6O. The molecule has 0 aromatic carbocycles. The summed E-state index contributed by atoms with van der Waals surface area (Å²) in [5.41, 5.74) is -3.78. The molecule has 1 nitrogen and oxygen atoms in total. The van der Waals surface area contributed by atoms with Crippen LogP contribution in [-0.2, 0) is 4.74 Å². The molecule has 0 fully saturated rings. The van der Waals surface area contributed by atoms with Gasteiger partial charge in [0.15, 0.2) is 0 Å². The molecule has 9 heavy (non-hydrogen) atoms. The van der Waals surface area contributed by atoms with Crippen LogP contribution in [-0.4, -0.2) is 11.2 Å². The monoisotopic (exact) mass is 118 g/mol. The molecule has 0 aromatic rings. The molecule has 0 unspecified atom stereocenters. The van der Waals surface area contributed by atoms with Crippen molar-refractivity contribution in [3.63, 3.8) is 0 Å². The van der Waals surface area contributed by atoms with Gasteiger partial charge in [-0.25, -0.2) is 0 Å². The molecule has 0 N–H and O–H groups in total. The highest BCUT2D eigenvalue weighted by atomic mass is 16.5. The lowest BCUT2D eigenvalue weighted by Gasteiger charge is -2.28. The zero-order valence-corrected chi connectivity index (χ0v) is 4.87. The maximum atomic E-state index is 4.91. The van der Waals surface area contributed by atoms with E-state index in [-0.39, 0.29) is 0 Å². The Kier molecular flexibility index (Phi) is 2.29. The first-order valence-corrected chi connectivity index (χ1v) is 2.14. The predicted molar refractivity (Wildman–Crippen MR) is 32.3 cm³/mol. The standard InChI is InChI=1S/C8H6O/c1-7(2,3)9-8(4,5)6/h1-6H. The van der Waals surface area contributed by atoms with Crippen molar-refractivity contribution < 1.29 is 4.74 Å². The SMILES string of the molecule is [CH]C([CH])([CH])OC([CH])([CH])[CH]. The predicted octanol–water partition coefficient (Wildman–Crippen LogP) is 0.747. The molecule has 0 saturated carbocycles. The molecule has 0 amide bonds. The first-order chi connectivity index (χ1) is 3.71. The van der Waals surface area contributed by atoms with Crippen LogP contribution in [0.4, 0.5) is 0 Å². The maximum Gasteiger partial charge on any atom is 0.0797 e. The van der Waals surface area contributed by atoms with E-state index >= 15 is 0 Å². The number of hydrogen-bond acceptors (Lipinski definition) is 1. The number of rotatable bonds is 2. The first kappa shape index (κ1) is 8.96. The molecule has 0 heterocycles. The molecule has 0 rings (SSSR count). The fourth-order valence-corrected chi connectivity index (χ4v) is 0.306.